The number of carbonyl (C=O) groups excluding carboxylic acids is 1. The summed E-state index contributed by atoms with van der Waals surface area (Å²) in [5.74, 6) is 0.0818. The van der Waals surface area contributed by atoms with Crippen molar-refractivity contribution in [2.45, 2.75) is 59.5 Å². The Balaban J connectivity index is 2.37. The van der Waals surface area contributed by atoms with Crippen LogP contribution in [0.4, 0.5) is 0 Å². The van der Waals surface area contributed by atoms with Crippen LogP contribution < -0.4 is 10.6 Å². The van der Waals surface area contributed by atoms with Gasteiger partial charge in [0, 0.05) is 29.4 Å². The fraction of sp³-hybridized carbons (Fsp3) is 0.714. The van der Waals surface area contributed by atoms with Gasteiger partial charge in [-0.05, 0) is 41.5 Å². The molecule has 0 bridgehead atoms. The van der Waals surface area contributed by atoms with Crippen molar-refractivity contribution in [2.75, 3.05) is 6.54 Å². The van der Waals surface area contributed by atoms with Gasteiger partial charge in [0.2, 0.25) is 5.91 Å². The van der Waals surface area contributed by atoms with Gasteiger partial charge < -0.3 is 10.6 Å². The molecular weight excluding hydrogens is 258 g/mol. The molecular formula is C14H25N3OS. The van der Waals surface area contributed by atoms with Gasteiger partial charge in [0.05, 0.1) is 10.7 Å². The van der Waals surface area contributed by atoms with E-state index in [1.54, 1.807) is 11.3 Å². The number of aromatic nitrogens is 1. The average molecular weight is 283 g/mol. The molecule has 0 saturated carbocycles. The lowest BCUT2D eigenvalue weighted by atomic mass is 10.1. The number of nitrogens with one attached hydrogen (secondary N) is 2. The van der Waals surface area contributed by atoms with Crippen LogP contribution in [0.1, 0.15) is 55.7 Å². The standard InChI is InChI=1S/C14H25N3OS/c1-9(13-10(2)19-11(3)16-13)15-8-7-12(18)17-14(4,5)6/h9,15H,7-8H2,1-6H3,(H,17,18). The molecule has 4 nitrogen and oxygen atoms in total. The lowest BCUT2D eigenvalue weighted by Gasteiger charge is -2.21. The Hall–Kier alpha value is -0.940. The summed E-state index contributed by atoms with van der Waals surface area (Å²) >= 11 is 1.71. The van der Waals surface area contributed by atoms with Gasteiger partial charge in [-0.2, -0.15) is 0 Å². The largest absolute Gasteiger partial charge is 0.351 e. The summed E-state index contributed by atoms with van der Waals surface area (Å²) in [5.41, 5.74) is 0.935. The van der Waals surface area contributed by atoms with Gasteiger partial charge in [-0.3, -0.25) is 4.79 Å². The van der Waals surface area contributed by atoms with Crippen molar-refractivity contribution in [1.82, 2.24) is 15.6 Å². The van der Waals surface area contributed by atoms with Gasteiger partial charge in [-0.1, -0.05) is 0 Å². The number of amides is 1. The summed E-state index contributed by atoms with van der Waals surface area (Å²) in [6.07, 6.45) is 0.490. The predicted molar refractivity (Wildman–Crippen MR) is 80.5 cm³/mol. The highest BCUT2D eigenvalue weighted by Gasteiger charge is 2.15. The zero-order valence-corrected chi connectivity index (χ0v) is 13.6. The zero-order valence-electron chi connectivity index (χ0n) is 12.8. The number of hydrogen-bond acceptors (Lipinski definition) is 4. The number of rotatable bonds is 5. The molecule has 1 amide bonds. The molecule has 0 aliphatic rings. The van der Waals surface area contributed by atoms with Crippen LogP contribution in [-0.2, 0) is 4.79 Å². The van der Waals surface area contributed by atoms with Crippen molar-refractivity contribution in [3.8, 4) is 0 Å². The van der Waals surface area contributed by atoms with Crippen LogP contribution in [0.5, 0.6) is 0 Å². The molecule has 1 rings (SSSR count). The molecule has 19 heavy (non-hydrogen) atoms. The lowest BCUT2D eigenvalue weighted by Crippen LogP contribution is -2.41. The molecule has 0 spiro atoms. The van der Waals surface area contributed by atoms with Gasteiger partial charge in [0.15, 0.2) is 0 Å². The fourth-order valence-electron chi connectivity index (χ4n) is 1.93. The Bertz CT molecular complexity index is 434. The molecule has 1 aromatic rings. The molecule has 0 aliphatic carbocycles. The van der Waals surface area contributed by atoms with E-state index in [4.69, 9.17) is 0 Å². The van der Waals surface area contributed by atoms with Crippen molar-refractivity contribution < 1.29 is 4.79 Å². The van der Waals surface area contributed by atoms with Crippen LogP contribution in [0.15, 0.2) is 0 Å². The molecule has 1 atom stereocenters. The quantitative estimate of drug-likeness (QED) is 0.873. The third-order valence-electron chi connectivity index (χ3n) is 2.67. The first-order valence-electron chi connectivity index (χ1n) is 6.67. The molecule has 0 fully saturated rings. The number of aryl methyl sites for hydroxylation is 2. The maximum atomic E-state index is 11.7. The molecule has 2 N–H and O–H groups in total. The van der Waals surface area contributed by atoms with Gasteiger partial charge in [0.1, 0.15) is 0 Å². The number of thiazole rings is 1. The highest BCUT2D eigenvalue weighted by molar-refractivity contribution is 7.11. The van der Waals surface area contributed by atoms with E-state index in [1.165, 1.54) is 4.88 Å². The van der Waals surface area contributed by atoms with Gasteiger partial charge >= 0.3 is 0 Å². The van der Waals surface area contributed by atoms with Crippen LogP contribution in [0.2, 0.25) is 0 Å². The third kappa shape index (κ3) is 5.70. The molecule has 0 aromatic carbocycles. The van der Waals surface area contributed by atoms with Gasteiger partial charge in [-0.25, -0.2) is 4.98 Å². The highest BCUT2D eigenvalue weighted by Crippen LogP contribution is 2.22. The van der Waals surface area contributed by atoms with Crippen molar-refractivity contribution >= 4 is 17.2 Å². The maximum Gasteiger partial charge on any atom is 0.221 e. The minimum Gasteiger partial charge on any atom is -0.351 e. The molecule has 1 heterocycles. The summed E-state index contributed by atoms with van der Waals surface area (Å²) in [6, 6.07) is 0.187. The van der Waals surface area contributed by atoms with Crippen LogP contribution >= 0.6 is 11.3 Å². The molecule has 0 saturated heterocycles. The summed E-state index contributed by atoms with van der Waals surface area (Å²) < 4.78 is 0. The monoisotopic (exact) mass is 283 g/mol. The van der Waals surface area contributed by atoms with Crippen molar-refractivity contribution in [2.24, 2.45) is 0 Å². The maximum absolute atomic E-state index is 11.7. The normalized spacial score (nSPS) is 13.4. The number of carbonyl (C=O) groups is 1. The molecule has 0 radical (unpaired) electrons. The average Bonchev–Trinajstić information content (AvgIpc) is 2.55. The number of nitrogens with zero attached hydrogens (tertiary/aromatic N) is 1. The van der Waals surface area contributed by atoms with E-state index in [0.717, 1.165) is 10.7 Å². The van der Waals surface area contributed by atoms with E-state index >= 15 is 0 Å². The van der Waals surface area contributed by atoms with E-state index in [9.17, 15) is 4.79 Å². The Kier molecular flexibility index (Phi) is 5.50. The predicted octanol–water partition coefficient (Wildman–Crippen LogP) is 2.72. The van der Waals surface area contributed by atoms with Gasteiger partial charge in [0.25, 0.3) is 0 Å². The van der Waals surface area contributed by atoms with E-state index in [0.29, 0.717) is 13.0 Å². The van der Waals surface area contributed by atoms with Crippen molar-refractivity contribution in [1.29, 1.82) is 0 Å². The first-order chi connectivity index (χ1) is 8.69. The Morgan fingerprint density at radius 3 is 2.47 bits per heavy atom. The second-order valence-corrected chi connectivity index (χ2v) is 7.31. The van der Waals surface area contributed by atoms with E-state index in [2.05, 4.69) is 29.5 Å². The summed E-state index contributed by atoms with van der Waals surface area (Å²) in [4.78, 5) is 17.5. The summed E-state index contributed by atoms with van der Waals surface area (Å²) in [7, 11) is 0. The van der Waals surface area contributed by atoms with Crippen LogP contribution in [0, 0.1) is 13.8 Å². The SMILES string of the molecule is Cc1nc(C(C)NCCC(=O)NC(C)(C)C)c(C)s1. The fourth-order valence-corrected chi connectivity index (χ4v) is 2.84. The van der Waals surface area contributed by atoms with Crippen LogP contribution in [-0.4, -0.2) is 23.0 Å². The Morgan fingerprint density at radius 2 is 2.00 bits per heavy atom. The highest BCUT2D eigenvalue weighted by atomic mass is 32.1. The van der Waals surface area contributed by atoms with E-state index in [1.807, 2.05) is 27.7 Å². The topological polar surface area (TPSA) is 54.0 Å². The van der Waals surface area contributed by atoms with Crippen molar-refractivity contribution in [3.05, 3.63) is 15.6 Å². The molecule has 1 aromatic heterocycles. The molecule has 108 valence electrons. The van der Waals surface area contributed by atoms with Crippen LogP contribution in [0.3, 0.4) is 0 Å². The third-order valence-corrected chi connectivity index (χ3v) is 3.57. The van der Waals surface area contributed by atoms with Crippen molar-refractivity contribution in [3.63, 3.8) is 0 Å². The van der Waals surface area contributed by atoms with Gasteiger partial charge in [-0.15, -0.1) is 11.3 Å². The minimum absolute atomic E-state index is 0.0818. The molecule has 5 heteroatoms. The Labute approximate surface area is 120 Å². The van der Waals surface area contributed by atoms with Crippen LogP contribution in [0.25, 0.3) is 0 Å². The smallest absolute Gasteiger partial charge is 0.221 e. The minimum atomic E-state index is -0.161. The summed E-state index contributed by atoms with van der Waals surface area (Å²) in [6.45, 7) is 12.8. The lowest BCUT2D eigenvalue weighted by molar-refractivity contribution is -0.122. The van der Waals surface area contributed by atoms with E-state index < -0.39 is 0 Å². The van der Waals surface area contributed by atoms with E-state index in [-0.39, 0.29) is 17.5 Å². The first kappa shape index (κ1) is 16.1. The molecule has 1 unspecified atom stereocenters. The summed E-state index contributed by atoms with van der Waals surface area (Å²) in [5, 5.41) is 7.40. The second-order valence-electron chi connectivity index (χ2n) is 5.90. The zero-order chi connectivity index (χ0) is 14.6. The number of hydrogen-bond donors (Lipinski definition) is 2. The molecule has 0 aliphatic heterocycles. The second kappa shape index (κ2) is 6.48. The Morgan fingerprint density at radius 1 is 1.37 bits per heavy atom. The first-order valence-corrected chi connectivity index (χ1v) is 7.49.